The van der Waals surface area contributed by atoms with E-state index in [4.69, 9.17) is 28.7 Å². The van der Waals surface area contributed by atoms with E-state index in [9.17, 15) is 67.4 Å². The molecule has 0 heterocycles. The van der Waals surface area contributed by atoms with Crippen LogP contribution in [0.4, 0.5) is 0 Å². The van der Waals surface area contributed by atoms with Crippen molar-refractivity contribution in [2.75, 3.05) is 26.2 Å². The van der Waals surface area contributed by atoms with Gasteiger partial charge in [0, 0.05) is 0 Å². The molecule has 0 saturated heterocycles. The molecule has 0 saturated carbocycles. The Balaban J connectivity index is 6.65. The van der Waals surface area contributed by atoms with Crippen LogP contribution in [-0.4, -0.2) is 187 Å². The molecule has 0 aliphatic carbocycles. The molecule has 0 aliphatic rings. The number of aliphatic carboxylic acids is 1. The zero-order valence-corrected chi connectivity index (χ0v) is 61.3. The minimum atomic E-state index is -1.30. The number of amides is 12. The fourth-order valence-electron chi connectivity index (χ4n) is 10.3. The van der Waals surface area contributed by atoms with Gasteiger partial charge in [-0.3, -0.25) is 57.5 Å². The number of hydrogen-bond acceptors (Lipinski definition) is 18. The van der Waals surface area contributed by atoms with Gasteiger partial charge in [-0.2, -0.15) is 0 Å². The second-order valence-corrected chi connectivity index (χ2v) is 28.2. The highest BCUT2D eigenvalue weighted by Gasteiger charge is 2.37. The Kier molecular flexibility index (Phi) is 45.1. The van der Waals surface area contributed by atoms with Gasteiger partial charge in [-0.15, -0.1) is 0 Å². The van der Waals surface area contributed by atoms with Crippen LogP contribution in [0.2, 0.25) is 0 Å². The second-order valence-electron chi connectivity index (χ2n) is 28.2. The minimum absolute atomic E-state index is 0.0574. The van der Waals surface area contributed by atoms with E-state index >= 15 is 0 Å². The summed E-state index contributed by atoms with van der Waals surface area (Å²) in [5.74, 6) is -11.2. The van der Waals surface area contributed by atoms with E-state index in [1.165, 1.54) is 20.8 Å². The lowest BCUT2D eigenvalue weighted by Crippen LogP contribution is -2.60. The molecular formula is C67H127N17O14. The first-order chi connectivity index (χ1) is 45.8. The van der Waals surface area contributed by atoms with Gasteiger partial charge in [0.2, 0.25) is 70.9 Å². The number of nitrogens with two attached hydrogens (primary N) is 5. The van der Waals surface area contributed by atoms with E-state index in [0.717, 1.165) is 0 Å². The number of carbonyl (C=O) groups excluding carboxylic acids is 12. The summed E-state index contributed by atoms with van der Waals surface area (Å²) in [6.45, 7) is 26.7. The molecule has 31 heteroatoms. The zero-order chi connectivity index (χ0) is 75.1. The lowest BCUT2D eigenvalue weighted by atomic mass is 9.99. The number of unbranched alkanes of at least 4 members (excludes halogenated alkanes) is 4. The van der Waals surface area contributed by atoms with Crippen molar-refractivity contribution < 1.29 is 67.4 Å². The summed E-state index contributed by atoms with van der Waals surface area (Å²) in [5.41, 5.74) is 29.1. The van der Waals surface area contributed by atoms with Crippen LogP contribution in [-0.2, 0) is 62.3 Å². The van der Waals surface area contributed by atoms with Crippen molar-refractivity contribution in [3.8, 4) is 0 Å². The molecule has 0 rings (SSSR count). The minimum Gasteiger partial charge on any atom is -0.480 e. The Hall–Kier alpha value is -7.09. The molecule has 23 N–H and O–H groups in total. The topological polar surface area (TPSA) is 517 Å². The van der Waals surface area contributed by atoms with Gasteiger partial charge < -0.3 is 97.6 Å². The highest BCUT2D eigenvalue weighted by Crippen LogP contribution is 2.15. The maximum Gasteiger partial charge on any atom is 0.326 e. The number of hydrogen-bond donors (Lipinski definition) is 18. The number of carbonyl (C=O) groups is 13. The first kappa shape index (κ1) is 90.9. The molecule has 0 fully saturated rings. The summed E-state index contributed by atoms with van der Waals surface area (Å²) >= 11 is 0. The summed E-state index contributed by atoms with van der Waals surface area (Å²) < 4.78 is 0. The zero-order valence-electron chi connectivity index (χ0n) is 61.3. The van der Waals surface area contributed by atoms with Crippen LogP contribution in [0.1, 0.15) is 207 Å². The predicted octanol–water partition coefficient (Wildman–Crippen LogP) is -0.712. The monoisotopic (exact) mass is 1390 g/mol. The van der Waals surface area contributed by atoms with Gasteiger partial charge in [0.05, 0.1) is 6.04 Å². The van der Waals surface area contributed by atoms with Crippen molar-refractivity contribution >= 4 is 76.9 Å². The van der Waals surface area contributed by atoms with E-state index in [1.807, 2.05) is 41.5 Å². The largest absolute Gasteiger partial charge is 0.480 e. The van der Waals surface area contributed by atoms with Crippen LogP contribution in [0, 0.1) is 35.5 Å². The van der Waals surface area contributed by atoms with Crippen molar-refractivity contribution in [2.45, 2.75) is 285 Å². The fourth-order valence-corrected chi connectivity index (χ4v) is 10.3. The van der Waals surface area contributed by atoms with Crippen LogP contribution >= 0.6 is 0 Å². The van der Waals surface area contributed by atoms with Crippen molar-refractivity contribution in [1.29, 1.82) is 0 Å². The van der Waals surface area contributed by atoms with Crippen LogP contribution in [0.5, 0.6) is 0 Å². The van der Waals surface area contributed by atoms with Gasteiger partial charge >= 0.3 is 5.97 Å². The molecule has 0 spiro atoms. The molecule has 31 nitrogen and oxygen atoms in total. The fraction of sp³-hybridized carbons (Fsp3) is 0.806. The first-order valence-electron chi connectivity index (χ1n) is 35.3. The molecule has 0 aliphatic heterocycles. The van der Waals surface area contributed by atoms with Crippen molar-refractivity contribution in [3.63, 3.8) is 0 Å². The highest BCUT2D eigenvalue weighted by atomic mass is 16.4. The Morgan fingerprint density at radius 2 is 0.490 bits per heavy atom. The normalized spacial score (nSPS) is 15.5. The standard InChI is InChI=1S/C67H127N17O14/c1-36(2)32-49(62(92)73-42(13)55(85)76-45(24-16-20-28-68)58(88)79-48(27-19-23-31-71)61(91)84-54(41(11)12)66(96)83-52(67(97)98)35-39(7)8)80-59(89)46(25-17-21-29-69)77-56(86)43(14)74-63(93)50(33-37(3)4)82-64(94)51(34-38(5)6)81-60(90)47(26-18-22-30-70)78-57(87)44(15)75-65(95)53(72)40(9)10/h36-54H,16-35,68-72H2,1-15H3,(H,73,92)(H,74,93)(H,75,95)(H,76,85)(H,77,86)(H,78,87)(H,79,88)(H,80,89)(H,81,90)(H,82,94)(H,83,96)(H,84,91)(H,97,98)/t42-,43-,44-,45-,46-,47-,48-,49-,50-,51-,52-,53-,54-/m0/s1. The van der Waals surface area contributed by atoms with Crippen LogP contribution in [0.25, 0.3) is 0 Å². The van der Waals surface area contributed by atoms with Crippen LogP contribution in [0.3, 0.4) is 0 Å². The predicted molar refractivity (Wildman–Crippen MR) is 375 cm³/mol. The van der Waals surface area contributed by atoms with Gasteiger partial charge in [-0.05, 0) is 185 Å². The first-order valence-corrected chi connectivity index (χ1v) is 35.3. The van der Waals surface area contributed by atoms with Crippen molar-refractivity contribution in [3.05, 3.63) is 0 Å². The third-order valence-electron chi connectivity index (χ3n) is 16.2. The Labute approximate surface area is 581 Å². The average molecular weight is 1390 g/mol. The number of rotatable bonds is 51. The molecule has 98 heavy (non-hydrogen) atoms. The van der Waals surface area contributed by atoms with E-state index in [1.54, 1.807) is 41.5 Å². The molecule has 12 amide bonds. The summed E-state index contributed by atoms with van der Waals surface area (Å²) in [4.78, 5) is 179. The number of carboxylic acids is 1. The Bertz CT molecular complexity index is 2520. The maximum absolute atomic E-state index is 14.3. The van der Waals surface area contributed by atoms with Gasteiger partial charge in [0.1, 0.15) is 72.5 Å². The summed E-state index contributed by atoms with van der Waals surface area (Å²) in [6.07, 6.45) is 4.31. The molecule has 13 atom stereocenters. The molecule has 0 bridgehead atoms. The molecular weight excluding hydrogens is 1270 g/mol. The molecule has 0 aromatic rings. The van der Waals surface area contributed by atoms with E-state index in [-0.39, 0.29) is 101 Å². The van der Waals surface area contributed by atoms with Gasteiger partial charge in [-0.25, -0.2) is 4.79 Å². The number of carboxylic acid groups (broad SMARTS) is 1. The summed E-state index contributed by atoms with van der Waals surface area (Å²) in [7, 11) is 0. The van der Waals surface area contributed by atoms with Gasteiger partial charge in [0.15, 0.2) is 0 Å². The van der Waals surface area contributed by atoms with E-state index in [0.29, 0.717) is 57.9 Å². The Morgan fingerprint density at radius 1 is 0.265 bits per heavy atom. The van der Waals surface area contributed by atoms with Crippen molar-refractivity contribution in [1.82, 2.24) is 63.8 Å². The van der Waals surface area contributed by atoms with Crippen LogP contribution in [0.15, 0.2) is 0 Å². The van der Waals surface area contributed by atoms with Gasteiger partial charge in [0.25, 0.3) is 0 Å². The molecule has 0 aromatic carbocycles. The van der Waals surface area contributed by atoms with Crippen molar-refractivity contribution in [2.24, 2.45) is 64.2 Å². The lowest BCUT2D eigenvalue weighted by molar-refractivity contribution is -0.143. The smallest absolute Gasteiger partial charge is 0.326 e. The van der Waals surface area contributed by atoms with E-state index in [2.05, 4.69) is 63.8 Å². The SMILES string of the molecule is CC(C)C[C@H](NC(=O)[C@@H](NC(=O)[C@H](CCCCN)NC(=O)[C@H](CCCCN)NC(=O)[C@H](C)NC(=O)[C@H](CC(C)C)NC(=O)[C@H](CCCCN)NC(=O)[C@H](C)NC(=O)[C@H](CC(C)C)NC(=O)[C@H](CC(C)C)NC(=O)[C@H](CCCCN)NC(=O)[C@H](C)NC(=O)[C@@H](N)C(C)C)C(C)C)C(=O)O. The molecule has 0 aromatic heterocycles. The van der Waals surface area contributed by atoms with Crippen LogP contribution < -0.4 is 92.5 Å². The molecule has 0 unspecified atom stereocenters. The second kappa shape index (κ2) is 48.6. The number of nitrogens with one attached hydrogen (secondary N) is 12. The lowest BCUT2D eigenvalue weighted by Gasteiger charge is -2.29. The third kappa shape index (κ3) is 36.7. The maximum atomic E-state index is 14.3. The molecule has 564 valence electrons. The third-order valence-corrected chi connectivity index (χ3v) is 16.2. The average Bonchev–Trinajstić information content (AvgIpc) is 0.869. The van der Waals surface area contributed by atoms with Gasteiger partial charge in [-0.1, -0.05) is 83.1 Å². The summed E-state index contributed by atoms with van der Waals surface area (Å²) in [5, 5.41) is 41.9. The molecule has 0 radical (unpaired) electrons. The highest BCUT2D eigenvalue weighted by molar-refractivity contribution is 5.99. The summed E-state index contributed by atoms with van der Waals surface area (Å²) in [6, 6.07) is -15.5. The van der Waals surface area contributed by atoms with E-state index < -0.39 is 161 Å². The quantitative estimate of drug-likeness (QED) is 0.0335. The Morgan fingerprint density at radius 3 is 0.745 bits per heavy atom.